The lowest BCUT2D eigenvalue weighted by molar-refractivity contribution is 0.412. The number of anilines is 2. The molecule has 4 rings (SSSR count). The fourth-order valence-electron chi connectivity index (χ4n) is 3.08. The Hall–Kier alpha value is -2.23. The number of nitrogens with one attached hydrogen (secondary N) is 1. The number of hydrogen-bond acceptors (Lipinski definition) is 4. The number of fused-ring (bicyclic) bond motifs is 1. The van der Waals surface area contributed by atoms with Gasteiger partial charge in [-0.2, -0.15) is 0 Å². The fourth-order valence-corrected chi connectivity index (χ4v) is 3.08. The van der Waals surface area contributed by atoms with Crippen LogP contribution in [0.5, 0.6) is 5.75 Å². The molecule has 114 valence electrons. The first-order valence-electron chi connectivity index (χ1n) is 7.88. The molecular formula is C18H21N3O. The van der Waals surface area contributed by atoms with Crippen LogP contribution in [0.25, 0.3) is 11.1 Å². The number of hydrogen-bond donors (Lipinski definition) is 1. The van der Waals surface area contributed by atoms with Crippen molar-refractivity contribution in [3.63, 3.8) is 0 Å². The van der Waals surface area contributed by atoms with Crippen molar-refractivity contribution in [3.8, 4) is 16.9 Å². The summed E-state index contributed by atoms with van der Waals surface area (Å²) in [6, 6.07) is 8.54. The van der Waals surface area contributed by atoms with E-state index >= 15 is 0 Å². The van der Waals surface area contributed by atoms with Crippen LogP contribution < -0.4 is 15.0 Å². The van der Waals surface area contributed by atoms with Crippen molar-refractivity contribution in [1.29, 1.82) is 0 Å². The maximum atomic E-state index is 5.34. The van der Waals surface area contributed by atoms with Crippen LogP contribution in [0.15, 0.2) is 30.5 Å². The highest BCUT2D eigenvalue weighted by molar-refractivity contribution is 5.78. The van der Waals surface area contributed by atoms with Crippen LogP contribution in [-0.2, 0) is 0 Å². The summed E-state index contributed by atoms with van der Waals surface area (Å²) < 4.78 is 5.34. The Labute approximate surface area is 131 Å². The second kappa shape index (κ2) is 5.20. The van der Waals surface area contributed by atoms with Crippen molar-refractivity contribution in [2.45, 2.75) is 19.8 Å². The summed E-state index contributed by atoms with van der Waals surface area (Å²) in [5.41, 5.74) is 4.73. The monoisotopic (exact) mass is 295 g/mol. The average Bonchev–Trinajstić information content (AvgIpc) is 3.27. The second-order valence-corrected chi connectivity index (χ2v) is 6.28. The third kappa shape index (κ3) is 2.39. The van der Waals surface area contributed by atoms with Gasteiger partial charge in [0.1, 0.15) is 5.75 Å². The molecule has 1 aromatic carbocycles. The van der Waals surface area contributed by atoms with Crippen LogP contribution in [-0.4, -0.2) is 25.3 Å². The van der Waals surface area contributed by atoms with E-state index in [0.717, 1.165) is 41.8 Å². The molecule has 0 saturated heterocycles. The predicted molar refractivity (Wildman–Crippen MR) is 89.5 cm³/mol. The van der Waals surface area contributed by atoms with E-state index < -0.39 is 0 Å². The standard InChI is InChI=1S/C18H21N3O/c1-12-7-14(5-6-17(12)22-2)15-8-16-18(19-9-15)20-11-21(16)10-13-3-4-13/h5-9,13H,3-4,10-11H2,1-2H3,(H,19,20). The van der Waals surface area contributed by atoms with Gasteiger partial charge in [-0.25, -0.2) is 4.98 Å². The molecule has 1 saturated carbocycles. The molecule has 1 aliphatic carbocycles. The zero-order chi connectivity index (χ0) is 15.1. The molecule has 2 heterocycles. The molecule has 2 aromatic rings. The van der Waals surface area contributed by atoms with Gasteiger partial charge < -0.3 is 15.0 Å². The van der Waals surface area contributed by atoms with Gasteiger partial charge in [0.05, 0.1) is 19.5 Å². The summed E-state index contributed by atoms with van der Waals surface area (Å²) in [5, 5.41) is 3.39. The summed E-state index contributed by atoms with van der Waals surface area (Å²) in [5.74, 6) is 2.81. The number of nitrogens with zero attached hydrogens (tertiary/aromatic N) is 2. The number of rotatable bonds is 4. The Balaban J connectivity index is 1.67. The predicted octanol–water partition coefficient (Wildman–Crippen LogP) is 3.67. The van der Waals surface area contributed by atoms with Gasteiger partial charge in [0, 0.05) is 18.3 Å². The molecule has 2 aliphatic rings. The lowest BCUT2D eigenvalue weighted by Gasteiger charge is -2.17. The van der Waals surface area contributed by atoms with Crippen LogP contribution in [0.2, 0.25) is 0 Å². The third-order valence-electron chi connectivity index (χ3n) is 4.55. The molecule has 22 heavy (non-hydrogen) atoms. The van der Waals surface area contributed by atoms with Crippen LogP contribution in [0.3, 0.4) is 0 Å². The maximum Gasteiger partial charge on any atom is 0.151 e. The number of pyridine rings is 1. The van der Waals surface area contributed by atoms with Gasteiger partial charge in [0.15, 0.2) is 5.82 Å². The minimum absolute atomic E-state index is 0.875. The van der Waals surface area contributed by atoms with E-state index in [0.29, 0.717) is 0 Å². The molecule has 4 heteroatoms. The van der Waals surface area contributed by atoms with Crippen LogP contribution in [0.4, 0.5) is 11.5 Å². The smallest absolute Gasteiger partial charge is 0.151 e. The molecule has 0 spiro atoms. The van der Waals surface area contributed by atoms with Crippen molar-refractivity contribution in [3.05, 3.63) is 36.0 Å². The van der Waals surface area contributed by atoms with Crippen molar-refractivity contribution in [1.82, 2.24) is 4.98 Å². The van der Waals surface area contributed by atoms with E-state index in [1.807, 2.05) is 12.3 Å². The Morgan fingerprint density at radius 3 is 2.86 bits per heavy atom. The normalized spacial score (nSPS) is 16.4. The highest BCUT2D eigenvalue weighted by Gasteiger charge is 2.28. The Morgan fingerprint density at radius 1 is 1.27 bits per heavy atom. The van der Waals surface area contributed by atoms with Crippen LogP contribution >= 0.6 is 0 Å². The highest BCUT2D eigenvalue weighted by Crippen LogP contribution is 2.38. The molecule has 0 radical (unpaired) electrons. The second-order valence-electron chi connectivity index (χ2n) is 6.28. The van der Waals surface area contributed by atoms with E-state index in [-0.39, 0.29) is 0 Å². The van der Waals surface area contributed by atoms with Crippen molar-refractivity contribution >= 4 is 11.5 Å². The first-order valence-corrected chi connectivity index (χ1v) is 7.88. The summed E-state index contributed by atoms with van der Waals surface area (Å²) >= 11 is 0. The largest absolute Gasteiger partial charge is 0.496 e. The SMILES string of the molecule is COc1ccc(-c2cnc3c(c2)N(CC2CC2)CN3)cc1C. The fraction of sp³-hybridized carbons (Fsp3) is 0.389. The van der Waals surface area contributed by atoms with Crippen molar-refractivity contribution in [2.75, 3.05) is 30.5 Å². The van der Waals surface area contributed by atoms with Crippen molar-refractivity contribution < 1.29 is 4.74 Å². The zero-order valence-electron chi connectivity index (χ0n) is 13.1. The summed E-state index contributed by atoms with van der Waals surface area (Å²) in [6.45, 7) is 4.10. The molecule has 1 N–H and O–H groups in total. The van der Waals surface area contributed by atoms with Gasteiger partial charge in [-0.05, 0) is 55.0 Å². The molecule has 4 nitrogen and oxygen atoms in total. The topological polar surface area (TPSA) is 37.4 Å². The molecule has 0 unspecified atom stereocenters. The molecule has 1 aromatic heterocycles. The number of benzene rings is 1. The first kappa shape index (κ1) is 13.4. The van der Waals surface area contributed by atoms with E-state index in [1.54, 1.807) is 7.11 Å². The van der Waals surface area contributed by atoms with Gasteiger partial charge in [0.25, 0.3) is 0 Å². The number of ether oxygens (including phenoxy) is 1. The first-order chi connectivity index (χ1) is 10.7. The lowest BCUT2D eigenvalue weighted by atomic mass is 10.0. The third-order valence-corrected chi connectivity index (χ3v) is 4.55. The Bertz CT molecular complexity index is 709. The van der Waals surface area contributed by atoms with Gasteiger partial charge in [-0.15, -0.1) is 0 Å². The quantitative estimate of drug-likeness (QED) is 0.934. The minimum Gasteiger partial charge on any atom is -0.496 e. The number of aromatic nitrogens is 1. The number of aryl methyl sites for hydroxylation is 1. The van der Waals surface area contributed by atoms with Crippen molar-refractivity contribution in [2.24, 2.45) is 5.92 Å². The van der Waals surface area contributed by atoms with Gasteiger partial charge in [-0.1, -0.05) is 6.07 Å². The van der Waals surface area contributed by atoms with Gasteiger partial charge >= 0.3 is 0 Å². The van der Waals surface area contributed by atoms with Crippen LogP contribution in [0.1, 0.15) is 18.4 Å². The summed E-state index contributed by atoms with van der Waals surface area (Å²) in [4.78, 5) is 7.02. The summed E-state index contributed by atoms with van der Waals surface area (Å²) in [7, 11) is 1.71. The minimum atomic E-state index is 0.875. The molecule has 1 aliphatic heterocycles. The molecular weight excluding hydrogens is 274 g/mol. The van der Waals surface area contributed by atoms with E-state index in [2.05, 4.69) is 40.3 Å². The maximum absolute atomic E-state index is 5.34. The average molecular weight is 295 g/mol. The van der Waals surface area contributed by atoms with Gasteiger partial charge in [-0.3, -0.25) is 0 Å². The van der Waals surface area contributed by atoms with E-state index in [1.165, 1.54) is 24.1 Å². The molecule has 0 bridgehead atoms. The van der Waals surface area contributed by atoms with Crippen LogP contribution in [0, 0.1) is 12.8 Å². The Kier molecular flexibility index (Phi) is 3.17. The summed E-state index contributed by atoms with van der Waals surface area (Å²) in [6.07, 6.45) is 4.70. The lowest BCUT2D eigenvalue weighted by Crippen LogP contribution is -2.25. The van der Waals surface area contributed by atoms with E-state index in [9.17, 15) is 0 Å². The highest BCUT2D eigenvalue weighted by atomic mass is 16.5. The Morgan fingerprint density at radius 2 is 2.14 bits per heavy atom. The number of methoxy groups -OCH3 is 1. The molecule has 0 amide bonds. The van der Waals surface area contributed by atoms with E-state index in [4.69, 9.17) is 4.74 Å². The molecule has 1 fully saturated rings. The molecule has 0 atom stereocenters. The van der Waals surface area contributed by atoms with Gasteiger partial charge in [0.2, 0.25) is 0 Å². The zero-order valence-corrected chi connectivity index (χ0v) is 13.1.